The van der Waals surface area contributed by atoms with Crippen molar-refractivity contribution in [3.05, 3.63) is 12.2 Å². The van der Waals surface area contributed by atoms with Gasteiger partial charge in [-0.15, -0.1) is 0 Å². The van der Waals surface area contributed by atoms with Crippen molar-refractivity contribution in [2.24, 2.45) is 5.10 Å². The number of hydrogen-bond donors (Lipinski definition) is 1. The zero-order valence-electron chi connectivity index (χ0n) is 4.96. The molecular formula is C6H10N2. The molecule has 2 nitrogen and oxygen atoms in total. The van der Waals surface area contributed by atoms with Gasteiger partial charge in [0.05, 0.1) is 6.04 Å². The minimum Gasteiger partial charge on any atom is -0.303 e. The second kappa shape index (κ2) is 2.50. The molecule has 0 saturated carbocycles. The van der Waals surface area contributed by atoms with Crippen molar-refractivity contribution >= 4 is 6.21 Å². The van der Waals surface area contributed by atoms with Gasteiger partial charge in [-0.1, -0.05) is 12.2 Å². The third-order valence-electron chi connectivity index (χ3n) is 1.12. The minimum atomic E-state index is 0.458. The predicted octanol–water partition coefficient (Wildman–Crippen LogP) is 0.910. The zero-order chi connectivity index (χ0) is 5.82. The van der Waals surface area contributed by atoms with Crippen LogP contribution in [0.2, 0.25) is 0 Å². The van der Waals surface area contributed by atoms with E-state index in [2.05, 4.69) is 16.6 Å². The smallest absolute Gasteiger partial charge is 0.0670 e. The average molecular weight is 110 g/mol. The lowest BCUT2D eigenvalue weighted by molar-refractivity contribution is 0.691. The summed E-state index contributed by atoms with van der Waals surface area (Å²) in [4.78, 5) is 0. The van der Waals surface area contributed by atoms with E-state index in [1.165, 1.54) is 0 Å². The molecule has 8 heavy (non-hydrogen) atoms. The lowest BCUT2D eigenvalue weighted by Gasteiger charge is -1.98. The summed E-state index contributed by atoms with van der Waals surface area (Å²) >= 11 is 0. The van der Waals surface area contributed by atoms with E-state index in [-0.39, 0.29) is 0 Å². The third kappa shape index (κ3) is 1.09. The van der Waals surface area contributed by atoms with Gasteiger partial charge < -0.3 is 5.43 Å². The van der Waals surface area contributed by atoms with E-state index in [0.717, 1.165) is 6.42 Å². The maximum Gasteiger partial charge on any atom is 0.0670 e. The maximum absolute atomic E-state index is 3.86. The van der Waals surface area contributed by atoms with Gasteiger partial charge in [0.1, 0.15) is 0 Å². The Morgan fingerprint density at radius 3 is 3.25 bits per heavy atom. The molecule has 0 aromatic rings. The van der Waals surface area contributed by atoms with Crippen LogP contribution in [0, 0.1) is 0 Å². The van der Waals surface area contributed by atoms with Gasteiger partial charge in [-0.3, -0.25) is 0 Å². The van der Waals surface area contributed by atoms with Gasteiger partial charge in [0.25, 0.3) is 0 Å². The lowest BCUT2D eigenvalue weighted by Crippen LogP contribution is -2.14. The van der Waals surface area contributed by atoms with Crippen LogP contribution in [0.4, 0.5) is 0 Å². The van der Waals surface area contributed by atoms with Gasteiger partial charge in [0.2, 0.25) is 0 Å². The van der Waals surface area contributed by atoms with Gasteiger partial charge in [-0.2, -0.15) is 5.10 Å². The molecular weight excluding hydrogens is 100 g/mol. The third-order valence-corrected chi connectivity index (χ3v) is 1.12. The SMILES string of the molecule is CC=CC1CC=NN1. The first kappa shape index (κ1) is 5.35. The van der Waals surface area contributed by atoms with Gasteiger partial charge in [0.15, 0.2) is 0 Å². The van der Waals surface area contributed by atoms with Crippen LogP contribution >= 0.6 is 0 Å². The Bertz CT molecular complexity index is 108. The summed E-state index contributed by atoms with van der Waals surface area (Å²) in [6.07, 6.45) is 7.06. The standard InChI is InChI=1S/C6H10N2/c1-2-3-6-4-5-7-8-6/h2-3,5-6,8H,4H2,1H3. The van der Waals surface area contributed by atoms with Crippen molar-refractivity contribution in [3.63, 3.8) is 0 Å². The van der Waals surface area contributed by atoms with E-state index < -0.39 is 0 Å². The molecule has 0 fully saturated rings. The molecule has 1 unspecified atom stereocenters. The Balaban J connectivity index is 2.30. The molecule has 0 radical (unpaired) electrons. The van der Waals surface area contributed by atoms with Crippen LogP contribution < -0.4 is 5.43 Å². The molecule has 0 amide bonds. The molecule has 0 aliphatic carbocycles. The number of hydrazone groups is 1. The van der Waals surface area contributed by atoms with E-state index in [0.29, 0.717) is 6.04 Å². The Morgan fingerprint density at radius 2 is 2.75 bits per heavy atom. The number of nitrogens with one attached hydrogen (secondary N) is 1. The van der Waals surface area contributed by atoms with Crippen LogP contribution in [-0.4, -0.2) is 12.3 Å². The largest absolute Gasteiger partial charge is 0.303 e. The quantitative estimate of drug-likeness (QED) is 0.498. The molecule has 0 aromatic heterocycles. The zero-order valence-corrected chi connectivity index (χ0v) is 4.96. The fourth-order valence-corrected chi connectivity index (χ4v) is 0.721. The first-order chi connectivity index (χ1) is 3.93. The van der Waals surface area contributed by atoms with E-state index in [4.69, 9.17) is 0 Å². The first-order valence-corrected chi connectivity index (χ1v) is 2.83. The molecule has 1 N–H and O–H groups in total. The van der Waals surface area contributed by atoms with Crippen LogP contribution in [0.25, 0.3) is 0 Å². The van der Waals surface area contributed by atoms with E-state index in [1.54, 1.807) is 0 Å². The van der Waals surface area contributed by atoms with Crippen molar-refractivity contribution in [2.45, 2.75) is 19.4 Å². The molecule has 0 saturated heterocycles. The lowest BCUT2D eigenvalue weighted by atomic mass is 10.2. The summed E-state index contributed by atoms with van der Waals surface area (Å²) in [6, 6.07) is 0.458. The predicted molar refractivity (Wildman–Crippen MR) is 34.8 cm³/mol. The van der Waals surface area contributed by atoms with Crippen LogP contribution in [0.5, 0.6) is 0 Å². The van der Waals surface area contributed by atoms with Gasteiger partial charge in [-0.05, 0) is 6.92 Å². The molecule has 1 aliphatic heterocycles. The summed E-state index contributed by atoms with van der Waals surface area (Å²) in [5, 5.41) is 3.86. The maximum atomic E-state index is 3.86. The summed E-state index contributed by atoms with van der Waals surface area (Å²) in [5.74, 6) is 0. The molecule has 0 spiro atoms. The number of hydrogen-bond acceptors (Lipinski definition) is 2. The van der Waals surface area contributed by atoms with Gasteiger partial charge in [-0.25, -0.2) is 0 Å². The highest BCUT2D eigenvalue weighted by atomic mass is 15.3. The molecule has 1 rings (SSSR count). The van der Waals surface area contributed by atoms with E-state index >= 15 is 0 Å². The van der Waals surface area contributed by atoms with Crippen LogP contribution in [-0.2, 0) is 0 Å². The van der Waals surface area contributed by atoms with Crippen molar-refractivity contribution in [2.75, 3.05) is 0 Å². The van der Waals surface area contributed by atoms with Gasteiger partial charge in [0, 0.05) is 12.6 Å². The fraction of sp³-hybridized carbons (Fsp3) is 0.500. The van der Waals surface area contributed by atoms with Crippen molar-refractivity contribution in [3.8, 4) is 0 Å². The summed E-state index contributed by atoms with van der Waals surface area (Å²) in [6.45, 7) is 2.01. The molecule has 0 bridgehead atoms. The van der Waals surface area contributed by atoms with Crippen LogP contribution in [0.3, 0.4) is 0 Å². The molecule has 1 heterocycles. The second-order valence-corrected chi connectivity index (χ2v) is 1.81. The van der Waals surface area contributed by atoms with E-state index in [1.807, 2.05) is 19.2 Å². The summed E-state index contributed by atoms with van der Waals surface area (Å²) in [5.41, 5.74) is 2.94. The molecule has 0 aromatic carbocycles. The Hall–Kier alpha value is -0.790. The minimum absolute atomic E-state index is 0.458. The highest BCUT2D eigenvalue weighted by Crippen LogP contribution is 1.96. The Kier molecular flexibility index (Phi) is 1.67. The number of nitrogens with zero attached hydrogens (tertiary/aromatic N) is 1. The van der Waals surface area contributed by atoms with E-state index in [9.17, 15) is 0 Å². The Morgan fingerprint density at radius 1 is 1.88 bits per heavy atom. The highest BCUT2D eigenvalue weighted by Gasteiger charge is 2.03. The fourth-order valence-electron chi connectivity index (χ4n) is 0.721. The second-order valence-electron chi connectivity index (χ2n) is 1.81. The van der Waals surface area contributed by atoms with Crippen molar-refractivity contribution in [1.82, 2.24) is 5.43 Å². The van der Waals surface area contributed by atoms with Crippen LogP contribution in [0.1, 0.15) is 13.3 Å². The monoisotopic (exact) mass is 110 g/mol. The summed E-state index contributed by atoms with van der Waals surface area (Å²) in [7, 11) is 0. The van der Waals surface area contributed by atoms with Crippen molar-refractivity contribution in [1.29, 1.82) is 0 Å². The number of rotatable bonds is 1. The van der Waals surface area contributed by atoms with Crippen molar-refractivity contribution < 1.29 is 0 Å². The molecule has 1 aliphatic rings. The Labute approximate surface area is 49.3 Å². The first-order valence-electron chi connectivity index (χ1n) is 2.83. The highest BCUT2D eigenvalue weighted by molar-refractivity contribution is 5.60. The van der Waals surface area contributed by atoms with Gasteiger partial charge >= 0.3 is 0 Å². The van der Waals surface area contributed by atoms with Crippen LogP contribution in [0.15, 0.2) is 17.3 Å². The molecule has 44 valence electrons. The molecule has 1 atom stereocenters. The number of allylic oxidation sites excluding steroid dienone is 1. The average Bonchev–Trinajstić information content (AvgIpc) is 2.19. The topological polar surface area (TPSA) is 24.4 Å². The summed E-state index contributed by atoms with van der Waals surface area (Å²) < 4.78 is 0. The molecule has 2 heteroatoms. The normalized spacial score (nSPS) is 26.9.